The first-order valence-corrected chi connectivity index (χ1v) is 9.00. The molecule has 0 unspecified atom stereocenters. The third kappa shape index (κ3) is 5.16. The standard InChI is InChI=1S/C22H23N3O4/c1-25-22(12-13-23-25)29-15-17-6-4-5-7-18(17)24-21(26)11-9-16-8-10-19(27-2)20(14-16)28-3/h4-14H,15H2,1-3H3,(H,24,26)/b11-9+. The molecule has 0 saturated carbocycles. The molecule has 29 heavy (non-hydrogen) atoms. The van der Waals surface area contributed by atoms with Gasteiger partial charge in [-0.2, -0.15) is 5.10 Å². The molecule has 0 radical (unpaired) electrons. The molecule has 2 aromatic carbocycles. The third-order valence-electron chi connectivity index (χ3n) is 4.26. The highest BCUT2D eigenvalue weighted by molar-refractivity contribution is 6.02. The summed E-state index contributed by atoms with van der Waals surface area (Å²) >= 11 is 0. The van der Waals surface area contributed by atoms with E-state index in [2.05, 4.69) is 10.4 Å². The van der Waals surface area contributed by atoms with Crippen molar-refractivity contribution in [3.05, 3.63) is 71.9 Å². The number of nitrogens with one attached hydrogen (secondary N) is 1. The zero-order valence-corrected chi connectivity index (χ0v) is 16.6. The van der Waals surface area contributed by atoms with Gasteiger partial charge in [0.15, 0.2) is 11.5 Å². The molecule has 150 valence electrons. The van der Waals surface area contributed by atoms with Crippen LogP contribution >= 0.6 is 0 Å². The Morgan fingerprint density at radius 2 is 1.90 bits per heavy atom. The monoisotopic (exact) mass is 393 g/mol. The van der Waals surface area contributed by atoms with Crippen LogP contribution in [0.2, 0.25) is 0 Å². The number of ether oxygens (including phenoxy) is 3. The van der Waals surface area contributed by atoms with E-state index in [-0.39, 0.29) is 5.91 Å². The fourth-order valence-corrected chi connectivity index (χ4v) is 2.73. The van der Waals surface area contributed by atoms with E-state index in [4.69, 9.17) is 14.2 Å². The van der Waals surface area contributed by atoms with E-state index in [1.165, 1.54) is 6.08 Å². The Morgan fingerprint density at radius 1 is 1.10 bits per heavy atom. The summed E-state index contributed by atoms with van der Waals surface area (Å²) in [6.45, 7) is 0.315. The van der Waals surface area contributed by atoms with Gasteiger partial charge >= 0.3 is 0 Å². The molecule has 0 aliphatic rings. The number of anilines is 1. The summed E-state index contributed by atoms with van der Waals surface area (Å²) in [6.07, 6.45) is 4.86. The molecule has 0 saturated heterocycles. The van der Waals surface area contributed by atoms with Gasteiger partial charge in [0.05, 0.1) is 20.4 Å². The second-order valence-electron chi connectivity index (χ2n) is 6.18. The molecule has 7 nitrogen and oxygen atoms in total. The number of benzene rings is 2. The molecule has 0 aliphatic heterocycles. The van der Waals surface area contributed by atoms with Crippen molar-refractivity contribution < 1.29 is 19.0 Å². The predicted octanol–water partition coefficient (Wildman–Crippen LogP) is 3.67. The third-order valence-corrected chi connectivity index (χ3v) is 4.26. The van der Waals surface area contributed by atoms with E-state index in [0.29, 0.717) is 29.7 Å². The number of aromatic nitrogens is 2. The van der Waals surface area contributed by atoms with Crippen molar-refractivity contribution >= 4 is 17.7 Å². The van der Waals surface area contributed by atoms with Crippen LogP contribution in [0.15, 0.2) is 60.8 Å². The van der Waals surface area contributed by atoms with E-state index < -0.39 is 0 Å². The summed E-state index contributed by atoms with van der Waals surface area (Å²) in [5.41, 5.74) is 2.38. The van der Waals surface area contributed by atoms with Crippen molar-refractivity contribution in [3.8, 4) is 17.4 Å². The Bertz CT molecular complexity index is 1010. The Labute approximate surface area is 169 Å². The topological polar surface area (TPSA) is 74.6 Å². The van der Waals surface area contributed by atoms with Crippen molar-refractivity contribution in [3.63, 3.8) is 0 Å². The van der Waals surface area contributed by atoms with Crippen LogP contribution in [0.25, 0.3) is 6.08 Å². The van der Waals surface area contributed by atoms with E-state index in [1.807, 2.05) is 37.4 Å². The Balaban J connectivity index is 1.66. The summed E-state index contributed by atoms with van der Waals surface area (Å²) in [5.74, 6) is 1.65. The Hall–Kier alpha value is -3.74. The van der Waals surface area contributed by atoms with Gasteiger partial charge in [0.25, 0.3) is 0 Å². The van der Waals surface area contributed by atoms with E-state index in [1.54, 1.807) is 49.4 Å². The molecule has 0 spiro atoms. The molecular weight excluding hydrogens is 370 g/mol. The van der Waals surface area contributed by atoms with Crippen LogP contribution in [0.5, 0.6) is 17.4 Å². The highest BCUT2D eigenvalue weighted by atomic mass is 16.5. The number of hydrogen-bond donors (Lipinski definition) is 1. The van der Waals surface area contributed by atoms with Gasteiger partial charge in [0.2, 0.25) is 11.8 Å². The fourth-order valence-electron chi connectivity index (χ4n) is 2.73. The first-order chi connectivity index (χ1) is 14.1. The van der Waals surface area contributed by atoms with Crippen LogP contribution < -0.4 is 19.5 Å². The molecular formula is C22H23N3O4. The lowest BCUT2D eigenvalue weighted by Gasteiger charge is -2.11. The van der Waals surface area contributed by atoms with E-state index >= 15 is 0 Å². The minimum atomic E-state index is -0.243. The molecule has 7 heteroatoms. The van der Waals surface area contributed by atoms with Crippen LogP contribution in [0, 0.1) is 0 Å². The maximum Gasteiger partial charge on any atom is 0.248 e. The molecule has 0 fully saturated rings. The summed E-state index contributed by atoms with van der Waals surface area (Å²) in [4.78, 5) is 12.4. The van der Waals surface area contributed by atoms with Gasteiger partial charge < -0.3 is 19.5 Å². The SMILES string of the molecule is COc1ccc(/C=C/C(=O)Nc2ccccc2COc2ccnn2C)cc1OC. The lowest BCUT2D eigenvalue weighted by Crippen LogP contribution is -2.11. The summed E-state index contributed by atoms with van der Waals surface area (Å²) in [5, 5.41) is 6.96. The van der Waals surface area contributed by atoms with Gasteiger partial charge in [-0.1, -0.05) is 24.3 Å². The van der Waals surface area contributed by atoms with E-state index in [9.17, 15) is 4.79 Å². The largest absolute Gasteiger partial charge is 0.493 e. The Morgan fingerprint density at radius 3 is 2.62 bits per heavy atom. The lowest BCUT2D eigenvalue weighted by molar-refractivity contribution is -0.111. The highest BCUT2D eigenvalue weighted by Gasteiger charge is 2.07. The normalized spacial score (nSPS) is 10.7. The van der Waals surface area contributed by atoms with Gasteiger partial charge in [0, 0.05) is 30.4 Å². The van der Waals surface area contributed by atoms with Crippen molar-refractivity contribution in [1.82, 2.24) is 9.78 Å². The maximum absolute atomic E-state index is 12.4. The van der Waals surface area contributed by atoms with Crippen LogP contribution in [0.3, 0.4) is 0 Å². The summed E-state index contributed by atoms with van der Waals surface area (Å²) in [6, 6.07) is 14.7. The van der Waals surface area contributed by atoms with Gasteiger partial charge in [-0.25, -0.2) is 4.68 Å². The number of amides is 1. The zero-order valence-electron chi connectivity index (χ0n) is 16.6. The van der Waals surface area contributed by atoms with Gasteiger partial charge in [-0.3, -0.25) is 4.79 Å². The van der Waals surface area contributed by atoms with Crippen LogP contribution in [-0.4, -0.2) is 29.9 Å². The Kier molecular flexibility index (Phi) is 6.52. The van der Waals surface area contributed by atoms with Gasteiger partial charge in [-0.15, -0.1) is 0 Å². The molecule has 1 N–H and O–H groups in total. The predicted molar refractivity (Wildman–Crippen MR) is 111 cm³/mol. The van der Waals surface area contributed by atoms with Crippen molar-refractivity contribution in [2.45, 2.75) is 6.61 Å². The second kappa shape index (κ2) is 9.45. The smallest absolute Gasteiger partial charge is 0.248 e. The first-order valence-electron chi connectivity index (χ1n) is 9.00. The number of aryl methyl sites for hydroxylation is 1. The number of methoxy groups -OCH3 is 2. The molecule has 1 aromatic heterocycles. The molecule has 1 heterocycles. The second-order valence-corrected chi connectivity index (χ2v) is 6.18. The quantitative estimate of drug-likeness (QED) is 0.591. The molecule has 0 aliphatic carbocycles. The number of hydrogen-bond acceptors (Lipinski definition) is 5. The molecule has 3 rings (SSSR count). The number of para-hydroxylation sites is 1. The number of nitrogens with zero attached hydrogens (tertiary/aromatic N) is 2. The van der Waals surface area contributed by atoms with Crippen molar-refractivity contribution in [2.75, 3.05) is 19.5 Å². The molecule has 0 bridgehead atoms. The molecule has 1 amide bonds. The molecule has 3 aromatic rings. The van der Waals surface area contributed by atoms with Crippen LogP contribution in [0.4, 0.5) is 5.69 Å². The average Bonchev–Trinajstić information content (AvgIpc) is 3.16. The number of carbonyl (C=O) groups excluding carboxylic acids is 1. The number of rotatable bonds is 8. The fraction of sp³-hybridized carbons (Fsp3) is 0.182. The first kappa shape index (κ1) is 20.0. The van der Waals surface area contributed by atoms with E-state index in [0.717, 1.165) is 11.1 Å². The molecule has 0 atom stereocenters. The summed E-state index contributed by atoms with van der Waals surface area (Å²) in [7, 11) is 4.96. The number of carbonyl (C=O) groups is 1. The van der Waals surface area contributed by atoms with Crippen LogP contribution in [-0.2, 0) is 18.4 Å². The van der Waals surface area contributed by atoms with Gasteiger partial charge in [0.1, 0.15) is 6.61 Å². The zero-order chi connectivity index (χ0) is 20.6. The van der Waals surface area contributed by atoms with Crippen molar-refractivity contribution in [1.29, 1.82) is 0 Å². The van der Waals surface area contributed by atoms with Crippen LogP contribution in [0.1, 0.15) is 11.1 Å². The minimum Gasteiger partial charge on any atom is -0.493 e. The average molecular weight is 393 g/mol. The van der Waals surface area contributed by atoms with Gasteiger partial charge in [-0.05, 0) is 29.8 Å². The van der Waals surface area contributed by atoms with Crippen molar-refractivity contribution in [2.24, 2.45) is 7.05 Å². The highest BCUT2D eigenvalue weighted by Crippen LogP contribution is 2.28. The summed E-state index contributed by atoms with van der Waals surface area (Å²) < 4.78 is 17.9. The minimum absolute atomic E-state index is 0.243. The maximum atomic E-state index is 12.4. The lowest BCUT2D eigenvalue weighted by atomic mass is 10.1.